The molecule has 1 aromatic rings. The van der Waals surface area contributed by atoms with Crippen LogP contribution in [0.3, 0.4) is 0 Å². The molecule has 0 bridgehead atoms. The van der Waals surface area contributed by atoms with Crippen molar-refractivity contribution in [3.05, 3.63) is 38.3 Å². The molecule has 1 rings (SSSR count). The zero-order chi connectivity index (χ0) is 15.3. The summed E-state index contributed by atoms with van der Waals surface area (Å²) in [5.41, 5.74) is 7.17. The maximum absolute atomic E-state index is 10.7. The molecule has 20 heavy (non-hydrogen) atoms. The second-order valence-corrected chi connectivity index (χ2v) is 6.32. The molecule has 0 aliphatic carbocycles. The van der Waals surface area contributed by atoms with Gasteiger partial charge in [-0.1, -0.05) is 29.8 Å². The van der Waals surface area contributed by atoms with Gasteiger partial charge in [-0.05, 0) is 37.6 Å². The van der Waals surface area contributed by atoms with Gasteiger partial charge in [0.05, 0.1) is 4.92 Å². The summed E-state index contributed by atoms with van der Waals surface area (Å²) >= 11 is 3.39. The second kappa shape index (κ2) is 7.71. The molecule has 0 radical (unpaired) electrons. The van der Waals surface area contributed by atoms with E-state index in [0.29, 0.717) is 5.92 Å². The molecule has 2 N–H and O–H groups in total. The summed E-state index contributed by atoms with van der Waals surface area (Å²) in [5.74, 6) is 0.481. The van der Waals surface area contributed by atoms with Gasteiger partial charge in [0.2, 0.25) is 0 Å². The number of hydrogen-bond acceptors (Lipinski definition) is 4. The van der Waals surface area contributed by atoms with E-state index in [2.05, 4.69) is 34.7 Å². The first-order valence-corrected chi connectivity index (χ1v) is 7.47. The van der Waals surface area contributed by atoms with E-state index in [-0.39, 0.29) is 16.7 Å². The quantitative estimate of drug-likeness (QED) is 0.609. The van der Waals surface area contributed by atoms with E-state index in [1.807, 2.05) is 7.05 Å². The number of non-ortho nitro benzene ring substituents is 1. The molecular formula is C14H22BrN3O2. The van der Waals surface area contributed by atoms with Crippen molar-refractivity contribution in [3.63, 3.8) is 0 Å². The number of benzene rings is 1. The van der Waals surface area contributed by atoms with Gasteiger partial charge in [-0.2, -0.15) is 0 Å². The highest BCUT2D eigenvalue weighted by Crippen LogP contribution is 2.24. The maximum atomic E-state index is 10.7. The molecule has 0 fully saturated rings. The van der Waals surface area contributed by atoms with Crippen LogP contribution in [0.5, 0.6) is 0 Å². The Labute approximate surface area is 128 Å². The van der Waals surface area contributed by atoms with Crippen LogP contribution in [0.2, 0.25) is 0 Å². The Kier molecular flexibility index (Phi) is 6.58. The Morgan fingerprint density at radius 3 is 2.60 bits per heavy atom. The topological polar surface area (TPSA) is 72.4 Å². The van der Waals surface area contributed by atoms with E-state index in [9.17, 15) is 10.1 Å². The zero-order valence-electron chi connectivity index (χ0n) is 12.2. The fraction of sp³-hybridized carbons (Fsp3) is 0.571. The number of rotatable bonds is 7. The van der Waals surface area contributed by atoms with Crippen LogP contribution in [0.25, 0.3) is 0 Å². The van der Waals surface area contributed by atoms with Crippen LogP contribution >= 0.6 is 15.9 Å². The van der Waals surface area contributed by atoms with E-state index in [1.54, 1.807) is 12.1 Å². The lowest BCUT2D eigenvalue weighted by molar-refractivity contribution is -0.384. The minimum atomic E-state index is -0.389. The minimum absolute atomic E-state index is 0.102. The number of nitro groups is 1. The molecule has 0 saturated carbocycles. The number of nitro benzene ring substituents is 1. The van der Waals surface area contributed by atoms with Crippen molar-refractivity contribution in [1.29, 1.82) is 0 Å². The minimum Gasteiger partial charge on any atom is -0.327 e. The Morgan fingerprint density at radius 2 is 2.10 bits per heavy atom. The van der Waals surface area contributed by atoms with E-state index >= 15 is 0 Å². The fourth-order valence-corrected chi connectivity index (χ4v) is 2.34. The molecule has 0 spiro atoms. The van der Waals surface area contributed by atoms with Crippen LogP contribution in [0.4, 0.5) is 5.69 Å². The molecule has 0 heterocycles. The number of nitrogens with two attached hydrogens (primary N) is 1. The smallest absolute Gasteiger partial charge is 0.270 e. The summed E-state index contributed by atoms with van der Waals surface area (Å²) in [6.07, 6.45) is 0.943. The van der Waals surface area contributed by atoms with Crippen molar-refractivity contribution in [2.24, 2.45) is 11.7 Å². The molecular weight excluding hydrogens is 322 g/mol. The predicted molar refractivity (Wildman–Crippen MR) is 84.6 cm³/mol. The Hall–Kier alpha value is -0.980. The van der Waals surface area contributed by atoms with Crippen molar-refractivity contribution >= 4 is 21.6 Å². The van der Waals surface area contributed by atoms with Gasteiger partial charge in [-0.25, -0.2) is 0 Å². The van der Waals surface area contributed by atoms with Gasteiger partial charge in [-0.15, -0.1) is 0 Å². The van der Waals surface area contributed by atoms with Gasteiger partial charge in [0.15, 0.2) is 0 Å². The highest BCUT2D eigenvalue weighted by Gasteiger charge is 2.12. The van der Waals surface area contributed by atoms with Gasteiger partial charge in [0.1, 0.15) is 0 Å². The number of halogens is 1. The standard InChI is InChI=1S/C14H22BrN3O2/c1-10(2)14(16)6-7-17(3)9-11-4-5-12(18(19)20)8-13(11)15/h4-5,8,10,14H,6-7,9,16H2,1-3H3. The highest BCUT2D eigenvalue weighted by molar-refractivity contribution is 9.10. The van der Waals surface area contributed by atoms with Crippen LogP contribution < -0.4 is 5.73 Å². The molecule has 0 saturated heterocycles. The third-order valence-corrected chi connectivity index (χ3v) is 4.13. The van der Waals surface area contributed by atoms with E-state index in [1.165, 1.54) is 6.07 Å². The first kappa shape index (κ1) is 17.1. The molecule has 0 amide bonds. The Bertz CT molecular complexity index is 466. The van der Waals surface area contributed by atoms with Crippen LogP contribution in [0, 0.1) is 16.0 Å². The highest BCUT2D eigenvalue weighted by atomic mass is 79.9. The summed E-state index contributed by atoms with van der Waals surface area (Å²) in [6.45, 7) is 5.89. The lowest BCUT2D eigenvalue weighted by Gasteiger charge is -2.21. The average Bonchev–Trinajstić information content (AvgIpc) is 2.37. The predicted octanol–water partition coefficient (Wildman–Crippen LogP) is 3.16. The van der Waals surface area contributed by atoms with Crippen LogP contribution in [-0.4, -0.2) is 29.5 Å². The monoisotopic (exact) mass is 343 g/mol. The fourth-order valence-electron chi connectivity index (χ4n) is 1.85. The third kappa shape index (κ3) is 5.19. The van der Waals surface area contributed by atoms with Crippen molar-refractivity contribution < 1.29 is 4.92 Å². The Balaban J connectivity index is 2.58. The third-order valence-electron chi connectivity index (χ3n) is 3.39. The summed E-state index contributed by atoms with van der Waals surface area (Å²) < 4.78 is 0.770. The molecule has 1 aromatic carbocycles. The Morgan fingerprint density at radius 1 is 1.45 bits per heavy atom. The molecule has 6 heteroatoms. The molecule has 1 unspecified atom stereocenters. The van der Waals surface area contributed by atoms with E-state index < -0.39 is 0 Å². The molecule has 0 aliphatic rings. The summed E-state index contributed by atoms with van der Waals surface area (Å²) in [6, 6.07) is 5.08. The lowest BCUT2D eigenvalue weighted by atomic mass is 10.0. The summed E-state index contributed by atoms with van der Waals surface area (Å²) in [7, 11) is 2.03. The van der Waals surface area contributed by atoms with E-state index in [0.717, 1.165) is 29.5 Å². The first-order chi connectivity index (χ1) is 9.31. The maximum Gasteiger partial charge on any atom is 0.270 e. The van der Waals surface area contributed by atoms with Crippen LogP contribution in [-0.2, 0) is 6.54 Å². The van der Waals surface area contributed by atoms with Gasteiger partial charge in [0.25, 0.3) is 5.69 Å². The molecule has 0 aromatic heterocycles. The molecule has 5 nitrogen and oxygen atoms in total. The SMILES string of the molecule is CC(C)C(N)CCN(C)Cc1ccc([N+](=O)[O-])cc1Br. The van der Waals surface area contributed by atoms with Crippen molar-refractivity contribution in [2.75, 3.05) is 13.6 Å². The van der Waals surface area contributed by atoms with Gasteiger partial charge in [0, 0.05) is 29.2 Å². The summed E-state index contributed by atoms with van der Waals surface area (Å²) in [5, 5.41) is 10.7. The summed E-state index contributed by atoms with van der Waals surface area (Å²) in [4.78, 5) is 12.5. The molecule has 1 atom stereocenters. The van der Waals surface area contributed by atoms with Crippen LogP contribution in [0.1, 0.15) is 25.8 Å². The molecule has 0 aliphatic heterocycles. The van der Waals surface area contributed by atoms with Crippen molar-refractivity contribution in [2.45, 2.75) is 32.9 Å². The zero-order valence-corrected chi connectivity index (χ0v) is 13.8. The number of hydrogen-bond donors (Lipinski definition) is 1. The lowest BCUT2D eigenvalue weighted by Crippen LogP contribution is -2.31. The second-order valence-electron chi connectivity index (χ2n) is 5.47. The van der Waals surface area contributed by atoms with E-state index in [4.69, 9.17) is 5.73 Å². The molecule has 112 valence electrons. The first-order valence-electron chi connectivity index (χ1n) is 6.68. The van der Waals surface area contributed by atoms with Crippen LogP contribution in [0.15, 0.2) is 22.7 Å². The largest absolute Gasteiger partial charge is 0.327 e. The van der Waals surface area contributed by atoms with Gasteiger partial charge >= 0.3 is 0 Å². The normalized spacial score (nSPS) is 12.9. The van der Waals surface area contributed by atoms with Crippen molar-refractivity contribution in [1.82, 2.24) is 4.90 Å². The number of nitrogens with zero attached hydrogens (tertiary/aromatic N) is 2. The average molecular weight is 344 g/mol. The van der Waals surface area contributed by atoms with Gasteiger partial charge < -0.3 is 10.6 Å². The van der Waals surface area contributed by atoms with Gasteiger partial charge in [-0.3, -0.25) is 10.1 Å². The van der Waals surface area contributed by atoms with Crippen molar-refractivity contribution in [3.8, 4) is 0 Å².